The van der Waals surface area contributed by atoms with Crippen molar-refractivity contribution >= 4 is 18.0 Å². The van der Waals surface area contributed by atoms with Crippen LogP contribution >= 0.6 is 0 Å². The average molecular weight is 251 g/mol. The second-order valence-electron chi connectivity index (χ2n) is 3.97. The Morgan fingerprint density at radius 2 is 2.22 bits per heavy atom. The standard InChI is InChI=1S/C13H17NO4/c1-3-4-11(13(16)17)14-12(15)8-7-10-6-5-9(2)18-10/h5-8,11H,3-4H2,1-2H3,(H,14,15)(H,16,17)/b8-7+/t11-/m0/s1. The molecule has 1 amide bonds. The fourth-order valence-electron chi connectivity index (χ4n) is 1.47. The quantitative estimate of drug-likeness (QED) is 0.757. The molecule has 0 saturated heterocycles. The summed E-state index contributed by atoms with van der Waals surface area (Å²) in [5.41, 5.74) is 0. The molecule has 0 aliphatic carbocycles. The highest BCUT2D eigenvalue weighted by atomic mass is 16.4. The average Bonchev–Trinajstić information content (AvgIpc) is 2.72. The highest BCUT2D eigenvalue weighted by Crippen LogP contribution is 2.07. The summed E-state index contributed by atoms with van der Waals surface area (Å²) in [5, 5.41) is 11.3. The third kappa shape index (κ3) is 4.45. The van der Waals surface area contributed by atoms with Crippen molar-refractivity contribution in [3.63, 3.8) is 0 Å². The molecule has 1 rings (SSSR count). The van der Waals surface area contributed by atoms with Crippen LogP contribution in [0.2, 0.25) is 0 Å². The summed E-state index contributed by atoms with van der Waals surface area (Å²) in [6.07, 6.45) is 3.88. The zero-order valence-electron chi connectivity index (χ0n) is 10.5. The Labute approximate surface area is 105 Å². The van der Waals surface area contributed by atoms with E-state index in [0.29, 0.717) is 18.6 Å². The number of carboxylic acid groups (broad SMARTS) is 1. The molecule has 1 heterocycles. The van der Waals surface area contributed by atoms with Gasteiger partial charge in [0.25, 0.3) is 0 Å². The summed E-state index contributed by atoms with van der Waals surface area (Å²) in [5.74, 6) is -0.146. The molecule has 2 N–H and O–H groups in total. The van der Waals surface area contributed by atoms with Crippen molar-refractivity contribution in [2.24, 2.45) is 0 Å². The highest BCUT2D eigenvalue weighted by Gasteiger charge is 2.17. The molecule has 98 valence electrons. The lowest BCUT2D eigenvalue weighted by molar-refractivity contribution is -0.141. The van der Waals surface area contributed by atoms with Crippen molar-refractivity contribution < 1.29 is 19.1 Å². The second kappa shape index (κ2) is 6.64. The van der Waals surface area contributed by atoms with Crippen LogP contribution in [-0.4, -0.2) is 23.0 Å². The smallest absolute Gasteiger partial charge is 0.326 e. The summed E-state index contributed by atoms with van der Waals surface area (Å²) < 4.78 is 5.25. The number of amides is 1. The number of carboxylic acids is 1. The Morgan fingerprint density at radius 3 is 2.72 bits per heavy atom. The van der Waals surface area contributed by atoms with Crippen LogP contribution in [0.1, 0.15) is 31.3 Å². The molecule has 0 aliphatic rings. The molecule has 0 unspecified atom stereocenters. The van der Waals surface area contributed by atoms with Gasteiger partial charge in [-0.2, -0.15) is 0 Å². The fourth-order valence-corrected chi connectivity index (χ4v) is 1.47. The number of rotatable bonds is 6. The van der Waals surface area contributed by atoms with E-state index in [-0.39, 0.29) is 0 Å². The molecule has 5 heteroatoms. The SMILES string of the molecule is CCC[C@H](NC(=O)/C=C/c1ccc(C)o1)C(=O)O. The number of hydrogen-bond acceptors (Lipinski definition) is 3. The summed E-state index contributed by atoms with van der Waals surface area (Å²) in [6.45, 7) is 3.67. The molecule has 0 aromatic carbocycles. The lowest BCUT2D eigenvalue weighted by Gasteiger charge is -2.11. The van der Waals surface area contributed by atoms with E-state index in [1.54, 1.807) is 19.1 Å². The molecule has 18 heavy (non-hydrogen) atoms. The van der Waals surface area contributed by atoms with E-state index in [2.05, 4.69) is 5.32 Å². The van der Waals surface area contributed by atoms with Crippen molar-refractivity contribution in [3.8, 4) is 0 Å². The number of carbonyl (C=O) groups excluding carboxylic acids is 1. The van der Waals surface area contributed by atoms with Gasteiger partial charge in [0.15, 0.2) is 0 Å². The maximum atomic E-state index is 11.5. The van der Waals surface area contributed by atoms with Gasteiger partial charge in [0.2, 0.25) is 5.91 Å². The Hall–Kier alpha value is -2.04. The van der Waals surface area contributed by atoms with E-state index in [9.17, 15) is 9.59 Å². The third-order valence-corrected chi connectivity index (χ3v) is 2.35. The zero-order valence-corrected chi connectivity index (χ0v) is 10.5. The second-order valence-corrected chi connectivity index (χ2v) is 3.97. The fraction of sp³-hybridized carbons (Fsp3) is 0.385. The van der Waals surface area contributed by atoms with E-state index < -0.39 is 17.9 Å². The van der Waals surface area contributed by atoms with Crippen LogP contribution in [0.3, 0.4) is 0 Å². The minimum absolute atomic E-state index is 0.411. The van der Waals surface area contributed by atoms with Gasteiger partial charge in [-0.25, -0.2) is 4.79 Å². The zero-order chi connectivity index (χ0) is 13.5. The lowest BCUT2D eigenvalue weighted by Crippen LogP contribution is -2.39. The van der Waals surface area contributed by atoms with Crippen LogP contribution in [0, 0.1) is 6.92 Å². The van der Waals surface area contributed by atoms with Gasteiger partial charge in [0.1, 0.15) is 17.6 Å². The lowest BCUT2D eigenvalue weighted by atomic mass is 10.1. The van der Waals surface area contributed by atoms with Crippen molar-refractivity contribution in [1.29, 1.82) is 0 Å². The van der Waals surface area contributed by atoms with Gasteiger partial charge >= 0.3 is 5.97 Å². The van der Waals surface area contributed by atoms with Crippen LogP contribution in [0.5, 0.6) is 0 Å². The molecule has 0 radical (unpaired) electrons. The molecule has 0 saturated carbocycles. The minimum Gasteiger partial charge on any atom is -0.480 e. The molecule has 0 bridgehead atoms. The van der Waals surface area contributed by atoms with E-state index in [1.807, 2.05) is 6.92 Å². The number of aliphatic carboxylic acids is 1. The predicted octanol–water partition coefficient (Wildman–Crippen LogP) is 1.97. The Kier molecular flexibility index (Phi) is 5.17. The number of nitrogens with one attached hydrogen (secondary N) is 1. The molecule has 1 aromatic rings. The van der Waals surface area contributed by atoms with Crippen molar-refractivity contribution in [2.45, 2.75) is 32.7 Å². The summed E-state index contributed by atoms with van der Waals surface area (Å²) in [4.78, 5) is 22.4. The molecule has 1 atom stereocenters. The van der Waals surface area contributed by atoms with Crippen molar-refractivity contribution in [2.75, 3.05) is 0 Å². The minimum atomic E-state index is -1.02. The Bertz CT molecular complexity index is 448. The topological polar surface area (TPSA) is 79.5 Å². The molecule has 0 aliphatic heterocycles. The first-order chi connectivity index (χ1) is 8.52. The van der Waals surface area contributed by atoms with Crippen LogP contribution in [0.4, 0.5) is 0 Å². The van der Waals surface area contributed by atoms with Gasteiger partial charge in [-0.1, -0.05) is 13.3 Å². The van der Waals surface area contributed by atoms with Gasteiger partial charge in [-0.15, -0.1) is 0 Å². The summed E-state index contributed by atoms with van der Waals surface area (Å²) >= 11 is 0. The molecular weight excluding hydrogens is 234 g/mol. The van der Waals surface area contributed by atoms with Gasteiger partial charge in [-0.05, 0) is 31.6 Å². The first kappa shape index (κ1) is 14.0. The Morgan fingerprint density at radius 1 is 1.50 bits per heavy atom. The molecule has 0 spiro atoms. The largest absolute Gasteiger partial charge is 0.480 e. The number of aryl methyl sites for hydroxylation is 1. The van der Waals surface area contributed by atoms with Crippen LogP contribution < -0.4 is 5.32 Å². The Balaban J connectivity index is 2.54. The summed E-state index contributed by atoms with van der Waals surface area (Å²) in [6, 6.07) is 2.68. The van der Waals surface area contributed by atoms with Gasteiger partial charge in [0, 0.05) is 6.08 Å². The van der Waals surface area contributed by atoms with Crippen LogP contribution in [0.15, 0.2) is 22.6 Å². The predicted molar refractivity (Wildman–Crippen MR) is 67.0 cm³/mol. The van der Waals surface area contributed by atoms with Gasteiger partial charge < -0.3 is 14.8 Å². The van der Waals surface area contributed by atoms with Gasteiger partial charge in [-0.3, -0.25) is 4.79 Å². The number of furan rings is 1. The third-order valence-electron chi connectivity index (χ3n) is 2.35. The summed E-state index contributed by atoms with van der Waals surface area (Å²) in [7, 11) is 0. The van der Waals surface area contributed by atoms with E-state index in [4.69, 9.17) is 9.52 Å². The normalized spacial score (nSPS) is 12.6. The maximum absolute atomic E-state index is 11.5. The maximum Gasteiger partial charge on any atom is 0.326 e. The monoisotopic (exact) mass is 251 g/mol. The first-order valence-corrected chi connectivity index (χ1v) is 5.80. The molecule has 1 aromatic heterocycles. The van der Waals surface area contributed by atoms with E-state index >= 15 is 0 Å². The van der Waals surface area contributed by atoms with Crippen LogP contribution in [0.25, 0.3) is 6.08 Å². The first-order valence-electron chi connectivity index (χ1n) is 5.80. The van der Waals surface area contributed by atoms with Gasteiger partial charge in [0.05, 0.1) is 0 Å². The van der Waals surface area contributed by atoms with Crippen LogP contribution in [-0.2, 0) is 9.59 Å². The highest BCUT2D eigenvalue weighted by molar-refractivity contribution is 5.94. The van der Waals surface area contributed by atoms with E-state index in [0.717, 1.165) is 5.76 Å². The molecule has 0 fully saturated rings. The number of carbonyl (C=O) groups is 2. The molecule has 5 nitrogen and oxygen atoms in total. The van der Waals surface area contributed by atoms with E-state index in [1.165, 1.54) is 12.2 Å². The van der Waals surface area contributed by atoms with Crippen molar-refractivity contribution in [3.05, 3.63) is 29.7 Å². The number of hydrogen-bond donors (Lipinski definition) is 2. The van der Waals surface area contributed by atoms with Crippen molar-refractivity contribution in [1.82, 2.24) is 5.32 Å². The molecular formula is C13H17NO4.